The first-order valence-corrected chi connectivity index (χ1v) is 41.7. The summed E-state index contributed by atoms with van der Waals surface area (Å²) in [6, 6.07) is 140. The van der Waals surface area contributed by atoms with Crippen LogP contribution in [0.5, 0.6) is 0 Å². The van der Waals surface area contributed by atoms with Gasteiger partial charge in [0.05, 0.1) is 0 Å². The van der Waals surface area contributed by atoms with E-state index in [4.69, 9.17) is 58.1 Å². The first-order chi connectivity index (χ1) is 61.9. The van der Waals surface area contributed by atoms with Crippen molar-refractivity contribution >= 4 is 152 Å². The molecule has 26 rings (SSSR count). The van der Waals surface area contributed by atoms with Crippen molar-refractivity contribution in [2.45, 2.75) is 0 Å². The van der Waals surface area contributed by atoms with Crippen LogP contribution >= 0.6 is 0 Å². The fourth-order valence-corrected chi connectivity index (χ4v) is 17.9. The van der Waals surface area contributed by atoms with Gasteiger partial charge in [-0.05, 0) is 131 Å². The number of aromatic nitrogens is 9. The van der Waals surface area contributed by atoms with Gasteiger partial charge in [0.2, 0.25) is 0 Å². The van der Waals surface area contributed by atoms with Gasteiger partial charge in [-0.3, -0.25) is 0 Å². The average Bonchev–Trinajstić information content (AvgIpc) is 1.30. The van der Waals surface area contributed by atoms with Gasteiger partial charge in [-0.25, -0.2) is 44.9 Å². The Bertz CT molecular complexity index is 8750. The van der Waals surface area contributed by atoms with Crippen LogP contribution in [0.3, 0.4) is 0 Å². The summed E-state index contributed by atoms with van der Waals surface area (Å²) < 4.78 is 18.7. The quantitative estimate of drug-likeness (QED) is 0.126. The van der Waals surface area contributed by atoms with Gasteiger partial charge < -0.3 is 13.3 Å². The van der Waals surface area contributed by atoms with Crippen LogP contribution in [0.25, 0.3) is 254 Å². The molecule has 0 unspecified atom stereocenters. The number of nitrogens with zero attached hydrogens (tertiary/aromatic N) is 9. The molecule has 20 aromatic carbocycles. The van der Waals surface area contributed by atoms with Crippen molar-refractivity contribution in [3.63, 3.8) is 0 Å². The highest BCUT2D eigenvalue weighted by Gasteiger charge is 2.23. The molecule has 0 saturated heterocycles. The highest BCUT2D eigenvalue weighted by atomic mass is 16.3. The van der Waals surface area contributed by atoms with Gasteiger partial charge in [-0.15, -0.1) is 0 Å². The molecule has 0 bridgehead atoms. The van der Waals surface area contributed by atoms with E-state index < -0.39 is 0 Å². The van der Waals surface area contributed by atoms with E-state index in [1.54, 1.807) is 0 Å². The molecule has 0 aliphatic rings. The number of benzene rings is 20. The van der Waals surface area contributed by atoms with Crippen molar-refractivity contribution in [1.29, 1.82) is 0 Å². The molecule has 0 radical (unpaired) electrons. The van der Waals surface area contributed by atoms with Crippen molar-refractivity contribution in [1.82, 2.24) is 44.9 Å². The second-order valence-electron chi connectivity index (χ2n) is 31.4. The second-order valence-corrected chi connectivity index (χ2v) is 31.4. The van der Waals surface area contributed by atoms with Crippen LogP contribution in [0.1, 0.15) is 0 Å². The predicted octanol–water partition coefficient (Wildman–Crippen LogP) is 29.5. The molecule has 582 valence electrons. The number of hydrogen-bond acceptors (Lipinski definition) is 12. The Morgan fingerprint density at radius 2 is 0.376 bits per heavy atom. The zero-order valence-corrected chi connectivity index (χ0v) is 66.9. The first kappa shape index (κ1) is 72.0. The van der Waals surface area contributed by atoms with E-state index in [-0.39, 0.29) is 0 Å². The Labute approximate surface area is 714 Å². The van der Waals surface area contributed by atoms with Gasteiger partial charge >= 0.3 is 0 Å². The first-order valence-electron chi connectivity index (χ1n) is 41.7. The predicted molar refractivity (Wildman–Crippen MR) is 510 cm³/mol. The standard InChI is InChI=1S/2C39H23N3O.C35H21N3O/c1-2-10-27(11-3-1)37-40-38(42-39(41-37)30-15-8-12-24-9-4-5-13-29(24)30)28-20-18-25-17-19-26-21-22-34-36(35(26)32(25)23-28)31-14-6-7-16-33(31)43-34;1-2-9-27(10-3-1)37-40-38(29-18-14-24-8-4-5-11-28(24)22-29)42-39(41-37)30-19-16-25-15-17-26-20-21-34-36(35(26)32(25)23-30)31-12-6-7-13-33(31)43-34;1-3-9-24(10-4-1)33-36-34(25-11-5-2-6-12-25)38-35(37-33)26-18-16-22-15-17-23-19-20-30-32(31(23)28(22)21-26)27-13-7-8-14-29(27)39-30/h2*1-23H;1-21H. The maximum atomic E-state index is 6.26. The number of rotatable bonds is 9. The molecule has 6 heterocycles. The third-order valence-electron chi connectivity index (χ3n) is 23.9. The lowest BCUT2D eigenvalue weighted by Gasteiger charge is -2.11. The minimum Gasteiger partial charge on any atom is -0.456 e. The molecule has 0 atom stereocenters. The topological polar surface area (TPSA) is 155 Å². The summed E-state index contributed by atoms with van der Waals surface area (Å²) in [6.45, 7) is 0. The van der Waals surface area contributed by atoms with E-state index >= 15 is 0 Å². The lowest BCUT2D eigenvalue weighted by Crippen LogP contribution is -2.00. The Hall–Kier alpha value is -17.1. The minimum absolute atomic E-state index is 0.639. The van der Waals surface area contributed by atoms with Gasteiger partial charge in [0.25, 0.3) is 0 Å². The van der Waals surface area contributed by atoms with E-state index in [1.165, 1.54) is 37.7 Å². The maximum Gasteiger partial charge on any atom is 0.164 e. The normalized spacial score (nSPS) is 11.7. The zero-order valence-electron chi connectivity index (χ0n) is 66.9. The van der Waals surface area contributed by atoms with Crippen molar-refractivity contribution in [2.24, 2.45) is 0 Å². The average molecular weight is 1600 g/mol. The Morgan fingerprint density at radius 1 is 0.128 bits per heavy atom. The van der Waals surface area contributed by atoms with Crippen LogP contribution in [0.15, 0.2) is 420 Å². The van der Waals surface area contributed by atoms with Crippen molar-refractivity contribution in [3.8, 4) is 102 Å². The SMILES string of the molecule is c1ccc(-c2nc(-c3ccc4ccc5ccc6oc7ccccc7c6c5c4c3)nc(-c3cccc4ccccc34)n2)cc1.c1ccc(-c2nc(-c3ccc4ccccc4c3)nc(-c3ccc4ccc5ccc6oc7ccccc7c6c5c4c3)n2)cc1.c1ccc(-c2nc(-c3ccccc3)nc(-c3ccc4ccc5ccc6oc7ccccc7c6c5c4c3)n2)cc1. The highest BCUT2D eigenvalue weighted by Crippen LogP contribution is 2.45. The molecule has 0 aliphatic heterocycles. The van der Waals surface area contributed by atoms with Gasteiger partial charge in [0.1, 0.15) is 33.5 Å². The van der Waals surface area contributed by atoms with Gasteiger partial charge in [-0.2, -0.15) is 0 Å². The van der Waals surface area contributed by atoms with E-state index in [0.29, 0.717) is 52.4 Å². The van der Waals surface area contributed by atoms with Crippen molar-refractivity contribution in [3.05, 3.63) is 406 Å². The van der Waals surface area contributed by atoms with E-state index in [0.717, 1.165) is 164 Å². The van der Waals surface area contributed by atoms with Gasteiger partial charge in [0, 0.05) is 98.5 Å². The summed E-state index contributed by atoms with van der Waals surface area (Å²) in [6.07, 6.45) is 0. The largest absolute Gasteiger partial charge is 0.456 e. The third kappa shape index (κ3) is 12.9. The molecule has 125 heavy (non-hydrogen) atoms. The Kier molecular flexibility index (Phi) is 17.3. The van der Waals surface area contributed by atoms with Crippen LogP contribution in [0.2, 0.25) is 0 Å². The third-order valence-corrected chi connectivity index (χ3v) is 23.9. The molecule has 0 amide bonds. The maximum absolute atomic E-state index is 6.26. The molecular formula is C113H67N9O3. The van der Waals surface area contributed by atoms with E-state index in [1.807, 2.05) is 158 Å². The van der Waals surface area contributed by atoms with E-state index in [9.17, 15) is 0 Å². The number of fused-ring (bicyclic) bond motifs is 23. The molecule has 0 spiro atoms. The number of furan rings is 3. The molecule has 0 N–H and O–H groups in total. The van der Waals surface area contributed by atoms with Crippen LogP contribution in [0, 0.1) is 0 Å². The molecule has 12 nitrogen and oxygen atoms in total. The lowest BCUT2D eigenvalue weighted by molar-refractivity contribution is 0.669. The number of hydrogen-bond donors (Lipinski definition) is 0. The Morgan fingerprint density at radius 3 is 0.744 bits per heavy atom. The summed E-state index contributed by atoms with van der Waals surface area (Å²) >= 11 is 0. The molecular weight excluding hydrogens is 1530 g/mol. The molecule has 26 aromatic rings. The second kappa shape index (κ2) is 30.0. The molecule has 0 saturated carbocycles. The summed E-state index contributed by atoms with van der Waals surface area (Å²) in [7, 11) is 0. The van der Waals surface area contributed by atoms with Gasteiger partial charge in [0.15, 0.2) is 52.4 Å². The van der Waals surface area contributed by atoms with Crippen LogP contribution in [-0.2, 0) is 0 Å². The highest BCUT2D eigenvalue weighted by molar-refractivity contribution is 6.30. The van der Waals surface area contributed by atoms with Gasteiger partial charge in [-0.1, -0.05) is 346 Å². The lowest BCUT2D eigenvalue weighted by atomic mass is 9.96. The summed E-state index contributed by atoms with van der Waals surface area (Å²) in [4.78, 5) is 44.9. The monoisotopic (exact) mass is 1600 g/mol. The summed E-state index contributed by atoms with van der Waals surface area (Å²) in [5.41, 5.74) is 13.9. The summed E-state index contributed by atoms with van der Waals surface area (Å²) in [5.74, 6) is 5.83. The minimum atomic E-state index is 0.639. The van der Waals surface area contributed by atoms with Crippen molar-refractivity contribution < 1.29 is 13.3 Å². The smallest absolute Gasteiger partial charge is 0.164 e. The fourth-order valence-electron chi connectivity index (χ4n) is 17.9. The van der Waals surface area contributed by atoms with Crippen LogP contribution < -0.4 is 0 Å². The van der Waals surface area contributed by atoms with Crippen molar-refractivity contribution in [2.75, 3.05) is 0 Å². The molecule has 0 fully saturated rings. The van der Waals surface area contributed by atoms with E-state index in [2.05, 4.69) is 249 Å². The number of para-hydroxylation sites is 3. The molecule has 12 heteroatoms. The van der Waals surface area contributed by atoms with Crippen LogP contribution in [0.4, 0.5) is 0 Å². The summed E-state index contributed by atoms with van der Waals surface area (Å²) in [5, 5.41) is 25.3. The Balaban J connectivity index is 0.000000105. The molecule has 0 aliphatic carbocycles. The zero-order chi connectivity index (χ0) is 82.4. The molecule has 6 aromatic heterocycles. The fraction of sp³-hybridized carbons (Fsp3) is 0. The van der Waals surface area contributed by atoms with Crippen LogP contribution in [-0.4, -0.2) is 44.9 Å².